The van der Waals surface area contributed by atoms with Crippen LogP contribution >= 0.6 is 11.6 Å². The van der Waals surface area contributed by atoms with E-state index in [1.807, 2.05) is 0 Å². The van der Waals surface area contributed by atoms with Crippen LogP contribution in [0.5, 0.6) is 0 Å². The van der Waals surface area contributed by atoms with E-state index in [9.17, 15) is 26.4 Å². The van der Waals surface area contributed by atoms with Crippen molar-refractivity contribution >= 4 is 33.2 Å². The van der Waals surface area contributed by atoms with Gasteiger partial charge in [0.15, 0.2) is 0 Å². The van der Waals surface area contributed by atoms with Gasteiger partial charge in [-0.3, -0.25) is 9.52 Å². The number of rotatable bonds is 4. The predicted molar refractivity (Wildman–Crippen MR) is 91.7 cm³/mol. The maximum Gasteiger partial charge on any atom is 0.417 e. The first kappa shape index (κ1) is 20.1. The second-order valence-electron chi connectivity index (χ2n) is 5.52. The molecule has 1 amide bonds. The van der Waals surface area contributed by atoms with E-state index in [0.717, 1.165) is 12.1 Å². The van der Waals surface area contributed by atoms with Gasteiger partial charge in [0.05, 0.1) is 15.5 Å². The van der Waals surface area contributed by atoms with E-state index >= 15 is 0 Å². The van der Waals surface area contributed by atoms with Crippen molar-refractivity contribution in [3.05, 3.63) is 58.6 Å². The van der Waals surface area contributed by atoms with E-state index < -0.39 is 31.7 Å². The summed E-state index contributed by atoms with van der Waals surface area (Å²) < 4.78 is 65.5. The van der Waals surface area contributed by atoms with Gasteiger partial charge in [-0.1, -0.05) is 11.6 Å². The van der Waals surface area contributed by atoms with E-state index in [4.69, 9.17) is 11.6 Å². The number of carbonyl (C=O) groups is 1. The topological polar surface area (TPSA) is 66.5 Å². The van der Waals surface area contributed by atoms with Gasteiger partial charge in [-0.15, -0.1) is 0 Å². The molecule has 2 aromatic rings. The van der Waals surface area contributed by atoms with E-state index in [0.29, 0.717) is 11.6 Å². The Hall–Kier alpha value is -2.26. The third-order valence-electron chi connectivity index (χ3n) is 3.34. The number of halogens is 4. The first-order valence-electron chi connectivity index (χ1n) is 7.13. The first-order chi connectivity index (χ1) is 11.9. The number of carbonyl (C=O) groups excluding carboxylic acids is 1. The first-order valence-corrected chi connectivity index (χ1v) is 8.99. The van der Waals surface area contributed by atoms with Gasteiger partial charge in [-0.2, -0.15) is 13.2 Å². The zero-order valence-electron chi connectivity index (χ0n) is 13.6. The Morgan fingerprint density at radius 1 is 1.08 bits per heavy atom. The second kappa shape index (κ2) is 7.16. The summed E-state index contributed by atoms with van der Waals surface area (Å²) in [6.07, 6.45) is -4.78. The van der Waals surface area contributed by atoms with Gasteiger partial charge >= 0.3 is 6.18 Å². The normalized spacial score (nSPS) is 11.9. The number of hydrogen-bond donors (Lipinski definition) is 1. The Bertz CT molecular complexity index is 927. The number of benzene rings is 2. The van der Waals surface area contributed by atoms with Gasteiger partial charge < -0.3 is 4.90 Å². The van der Waals surface area contributed by atoms with Crippen LogP contribution < -0.4 is 4.72 Å². The highest BCUT2D eigenvalue weighted by Crippen LogP contribution is 2.36. The van der Waals surface area contributed by atoms with Crippen LogP contribution in [-0.2, 0) is 16.2 Å². The Morgan fingerprint density at radius 2 is 1.65 bits per heavy atom. The summed E-state index contributed by atoms with van der Waals surface area (Å²) in [5.74, 6) is -0.271. The number of nitrogens with one attached hydrogen (secondary N) is 1. The van der Waals surface area contributed by atoms with Crippen molar-refractivity contribution < 1.29 is 26.4 Å². The predicted octanol–water partition coefficient (Wildman–Crippen LogP) is 3.86. The summed E-state index contributed by atoms with van der Waals surface area (Å²) in [5.41, 5.74) is -0.804. The number of amides is 1. The number of anilines is 1. The molecule has 1 N–H and O–H groups in total. The number of sulfonamides is 1. The number of hydrogen-bond acceptors (Lipinski definition) is 3. The third-order valence-corrected chi connectivity index (χ3v) is 5.05. The van der Waals surface area contributed by atoms with Gasteiger partial charge in [-0.25, -0.2) is 8.42 Å². The average Bonchev–Trinajstić information content (AvgIpc) is 2.53. The minimum absolute atomic E-state index is 0.101. The lowest BCUT2D eigenvalue weighted by molar-refractivity contribution is -0.137. The lowest BCUT2D eigenvalue weighted by atomic mass is 10.2. The van der Waals surface area contributed by atoms with Gasteiger partial charge in [-0.05, 0) is 42.5 Å². The van der Waals surface area contributed by atoms with Crippen LogP contribution in [0.3, 0.4) is 0 Å². The molecule has 0 fully saturated rings. The van der Waals surface area contributed by atoms with Crippen molar-refractivity contribution in [2.24, 2.45) is 0 Å². The van der Waals surface area contributed by atoms with Gasteiger partial charge in [0.1, 0.15) is 0 Å². The van der Waals surface area contributed by atoms with Crippen LogP contribution in [0.15, 0.2) is 47.4 Å². The molecule has 10 heteroatoms. The summed E-state index contributed by atoms with van der Waals surface area (Å²) in [5, 5.41) is -0.594. The molecule has 0 aromatic heterocycles. The molecule has 5 nitrogen and oxygen atoms in total. The largest absolute Gasteiger partial charge is 0.417 e. The SMILES string of the molecule is CN(C)C(=O)c1ccc(NS(=O)(=O)c2ccc(Cl)c(C(F)(F)F)c2)cc1. The second-order valence-corrected chi connectivity index (χ2v) is 7.61. The minimum Gasteiger partial charge on any atom is -0.345 e. The fraction of sp³-hybridized carbons (Fsp3) is 0.188. The van der Waals surface area contributed by atoms with E-state index in [1.54, 1.807) is 14.1 Å². The molecule has 0 aliphatic carbocycles. The molecular weight excluding hydrogens is 393 g/mol. The molecule has 0 heterocycles. The smallest absolute Gasteiger partial charge is 0.345 e. The Balaban J connectivity index is 2.31. The quantitative estimate of drug-likeness (QED) is 0.838. The molecule has 0 saturated heterocycles. The van der Waals surface area contributed by atoms with Crippen molar-refractivity contribution in [2.75, 3.05) is 18.8 Å². The highest BCUT2D eigenvalue weighted by atomic mass is 35.5. The molecular formula is C16H14ClF3N2O3S. The molecule has 2 aromatic carbocycles. The van der Waals surface area contributed by atoms with Crippen LogP contribution in [0.2, 0.25) is 5.02 Å². The standard InChI is InChI=1S/C16H14ClF3N2O3S/c1-22(2)15(23)10-3-5-11(6-4-10)21-26(24,25)12-7-8-14(17)13(9-12)16(18,19)20/h3-9,21H,1-2H3. The Morgan fingerprint density at radius 3 is 2.15 bits per heavy atom. The third kappa shape index (κ3) is 4.47. The summed E-state index contributed by atoms with van der Waals surface area (Å²) in [4.78, 5) is 12.6. The molecule has 0 bridgehead atoms. The number of nitrogens with zero attached hydrogens (tertiary/aromatic N) is 1. The van der Waals surface area contributed by atoms with Crippen molar-refractivity contribution in [2.45, 2.75) is 11.1 Å². The lowest BCUT2D eigenvalue weighted by Crippen LogP contribution is -2.21. The van der Waals surface area contributed by atoms with Crippen LogP contribution in [0.1, 0.15) is 15.9 Å². The molecule has 2 rings (SSSR count). The molecule has 0 radical (unpaired) electrons. The van der Waals surface area contributed by atoms with E-state index in [-0.39, 0.29) is 11.6 Å². The minimum atomic E-state index is -4.78. The Kier molecular flexibility index (Phi) is 5.52. The van der Waals surface area contributed by atoms with E-state index in [1.165, 1.54) is 29.2 Å². The van der Waals surface area contributed by atoms with Gasteiger partial charge in [0, 0.05) is 25.3 Å². The molecule has 0 aliphatic rings. The van der Waals surface area contributed by atoms with Gasteiger partial charge in [0.25, 0.3) is 15.9 Å². The Labute approximate surface area is 153 Å². The van der Waals surface area contributed by atoms with E-state index in [2.05, 4.69) is 4.72 Å². The van der Waals surface area contributed by atoms with Crippen molar-refractivity contribution in [1.29, 1.82) is 0 Å². The molecule has 26 heavy (non-hydrogen) atoms. The fourth-order valence-electron chi connectivity index (χ4n) is 2.04. The molecule has 140 valence electrons. The highest BCUT2D eigenvalue weighted by molar-refractivity contribution is 7.92. The molecule has 0 saturated carbocycles. The summed E-state index contributed by atoms with van der Waals surface area (Å²) in [6, 6.07) is 7.81. The van der Waals surface area contributed by atoms with Crippen molar-refractivity contribution in [3.63, 3.8) is 0 Å². The molecule has 0 unspecified atom stereocenters. The van der Waals surface area contributed by atoms with Crippen LogP contribution in [-0.4, -0.2) is 33.3 Å². The van der Waals surface area contributed by atoms with Crippen molar-refractivity contribution in [1.82, 2.24) is 4.90 Å². The van der Waals surface area contributed by atoms with Crippen molar-refractivity contribution in [3.8, 4) is 0 Å². The summed E-state index contributed by atoms with van der Waals surface area (Å²) >= 11 is 5.49. The van der Waals surface area contributed by atoms with Crippen LogP contribution in [0.25, 0.3) is 0 Å². The molecule has 0 aliphatic heterocycles. The lowest BCUT2D eigenvalue weighted by Gasteiger charge is -2.13. The maximum atomic E-state index is 12.9. The molecule has 0 spiro atoms. The number of alkyl halides is 3. The van der Waals surface area contributed by atoms with Gasteiger partial charge in [0.2, 0.25) is 0 Å². The molecule has 0 atom stereocenters. The summed E-state index contributed by atoms with van der Waals surface area (Å²) in [6.45, 7) is 0. The average molecular weight is 407 g/mol. The van der Waals surface area contributed by atoms with Crippen LogP contribution in [0, 0.1) is 0 Å². The monoisotopic (exact) mass is 406 g/mol. The highest BCUT2D eigenvalue weighted by Gasteiger charge is 2.34. The van der Waals surface area contributed by atoms with Crippen LogP contribution in [0.4, 0.5) is 18.9 Å². The summed E-state index contributed by atoms with van der Waals surface area (Å²) in [7, 11) is -1.13. The zero-order chi connectivity index (χ0) is 19.7. The zero-order valence-corrected chi connectivity index (χ0v) is 15.2. The maximum absolute atomic E-state index is 12.9. The fourth-order valence-corrected chi connectivity index (χ4v) is 3.35.